The van der Waals surface area contributed by atoms with E-state index in [0.29, 0.717) is 0 Å². The molecule has 0 unspecified atom stereocenters. The molecule has 0 radical (unpaired) electrons. The molecule has 1 aliphatic heterocycles. The molecule has 70 valence electrons. The van der Waals surface area contributed by atoms with Crippen molar-refractivity contribution >= 4 is 23.1 Å². The molecule has 1 saturated heterocycles. The average molecular weight is 191 g/mol. The standard InChI is InChI=1S/C7H8.C4H8O.Mg.2H/c1-7-5-3-2-4-6-7;1-2-4-5-3-1;;;/h2-6H,1H3;1-4H2;;;/q;;+2;2*-1. The summed E-state index contributed by atoms with van der Waals surface area (Å²) >= 11 is 0. The SMILES string of the molecule is C1CCOC1.Cc1ccccc1.[H-].[H-].[Mg+2]. The van der Waals surface area contributed by atoms with Crippen LogP contribution in [0.15, 0.2) is 30.3 Å². The Labute approximate surface area is 99.6 Å². The molecule has 1 aromatic carbocycles. The van der Waals surface area contributed by atoms with Crippen molar-refractivity contribution in [2.75, 3.05) is 13.2 Å². The Kier molecular flexibility index (Phi) is 8.50. The Bertz CT molecular complexity index is 195. The third kappa shape index (κ3) is 7.05. The maximum Gasteiger partial charge on any atom is 2.00 e. The van der Waals surface area contributed by atoms with E-state index in [9.17, 15) is 0 Å². The fourth-order valence-corrected chi connectivity index (χ4v) is 1.04. The smallest absolute Gasteiger partial charge is 1.00 e. The monoisotopic (exact) mass is 190 g/mol. The number of hydrogen-bond acceptors (Lipinski definition) is 1. The molecule has 0 aliphatic carbocycles. The first kappa shape index (κ1) is 12.9. The molecule has 1 aromatic rings. The van der Waals surface area contributed by atoms with Crippen molar-refractivity contribution in [1.82, 2.24) is 0 Å². The van der Waals surface area contributed by atoms with Gasteiger partial charge in [0.1, 0.15) is 0 Å². The van der Waals surface area contributed by atoms with E-state index in [2.05, 4.69) is 19.1 Å². The molecular formula is C11H18MgO. The van der Waals surface area contributed by atoms with Crippen molar-refractivity contribution in [3.05, 3.63) is 35.9 Å². The molecule has 1 nitrogen and oxygen atoms in total. The van der Waals surface area contributed by atoms with E-state index < -0.39 is 0 Å². The van der Waals surface area contributed by atoms with Gasteiger partial charge in [-0.05, 0) is 19.8 Å². The second-order valence-electron chi connectivity index (χ2n) is 2.97. The first-order valence-corrected chi connectivity index (χ1v) is 4.49. The fourth-order valence-electron chi connectivity index (χ4n) is 1.04. The predicted molar refractivity (Wildman–Crippen MR) is 59.2 cm³/mol. The zero-order valence-corrected chi connectivity index (χ0v) is 9.74. The Hall–Kier alpha value is -0.0538. The van der Waals surface area contributed by atoms with Crippen molar-refractivity contribution in [3.8, 4) is 0 Å². The maximum atomic E-state index is 4.94. The minimum atomic E-state index is 0. The van der Waals surface area contributed by atoms with Crippen LogP contribution in [0.2, 0.25) is 0 Å². The third-order valence-electron chi connectivity index (χ3n) is 1.77. The Morgan fingerprint density at radius 1 is 1.08 bits per heavy atom. The van der Waals surface area contributed by atoms with Gasteiger partial charge in [0.2, 0.25) is 0 Å². The van der Waals surface area contributed by atoms with Gasteiger partial charge in [-0.25, -0.2) is 0 Å². The molecule has 0 aromatic heterocycles. The molecule has 2 rings (SSSR count). The molecule has 0 saturated carbocycles. The quantitative estimate of drug-likeness (QED) is 0.572. The van der Waals surface area contributed by atoms with Crippen molar-refractivity contribution in [2.45, 2.75) is 19.8 Å². The van der Waals surface area contributed by atoms with Gasteiger partial charge < -0.3 is 7.59 Å². The van der Waals surface area contributed by atoms with Crippen LogP contribution in [-0.2, 0) is 4.74 Å². The number of benzene rings is 1. The van der Waals surface area contributed by atoms with E-state index in [1.165, 1.54) is 18.4 Å². The predicted octanol–water partition coefficient (Wildman–Crippen LogP) is 2.64. The molecule has 0 spiro atoms. The van der Waals surface area contributed by atoms with Gasteiger partial charge in [0, 0.05) is 13.2 Å². The second-order valence-corrected chi connectivity index (χ2v) is 2.97. The molecule has 0 bridgehead atoms. The molecule has 0 amide bonds. The zero-order valence-electron chi connectivity index (χ0n) is 10.3. The topological polar surface area (TPSA) is 9.23 Å². The van der Waals surface area contributed by atoms with Gasteiger partial charge in [0.15, 0.2) is 0 Å². The van der Waals surface area contributed by atoms with Gasteiger partial charge in [0.25, 0.3) is 0 Å². The van der Waals surface area contributed by atoms with E-state index in [0.717, 1.165) is 13.2 Å². The summed E-state index contributed by atoms with van der Waals surface area (Å²) in [4.78, 5) is 0. The van der Waals surface area contributed by atoms with E-state index in [4.69, 9.17) is 4.74 Å². The molecule has 1 aliphatic rings. The number of ether oxygens (including phenoxy) is 1. The summed E-state index contributed by atoms with van der Waals surface area (Å²) in [6.45, 7) is 4.08. The van der Waals surface area contributed by atoms with Crippen LogP contribution in [-0.4, -0.2) is 36.3 Å². The van der Waals surface area contributed by atoms with Gasteiger partial charge in [-0.3, -0.25) is 0 Å². The summed E-state index contributed by atoms with van der Waals surface area (Å²) in [7, 11) is 0. The van der Waals surface area contributed by atoms with E-state index >= 15 is 0 Å². The third-order valence-corrected chi connectivity index (χ3v) is 1.77. The number of rotatable bonds is 0. The Morgan fingerprint density at radius 3 is 1.85 bits per heavy atom. The average Bonchev–Trinajstić information content (AvgIpc) is 2.62. The molecule has 0 atom stereocenters. The van der Waals surface area contributed by atoms with Crippen molar-refractivity contribution in [3.63, 3.8) is 0 Å². The van der Waals surface area contributed by atoms with Crippen molar-refractivity contribution < 1.29 is 7.59 Å². The number of aryl methyl sites for hydroxylation is 1. The van der Waals surface area contributed by atoms with Gasteiger partial charge in [-0.2, -0.15) is 0 Å². The fraction of sp³-hybridized carbons (Fsp3) is 0.455. The maximum absolute atomic E-state index is 4.94. The van der Waals surface area contributed by atoms with Crippen LogP contribution >= 0.6 is 0 Å². The number of hydrogen-bond donors (Lipinski definition) is 0. The molecule has 0 N–H and O–H groups in total. The Morgan fingerprint density at radius 2 is 1.62 bits per heavy atom. The largest absolute Gasteiger partial charge is 2.00 e. The summed E-state index contributed by atoms with van der Waals surface area (Å²) < 4.78 is 4.94. The van der Waals surface area contributed by atoms with Gasteiger partial charge in [0.05, 0.1) is 0 Å². The molecule has 1 fully saturated rings. The molecule has 2 heteroatoms. The normalized spacial score (nSPS) is 13.9. The second kappa shape index (κ2) is 8.54. The summed E-state index contributed by atoms with van der Waals surface area (Å²) in [5, 5.41) is 0. The summed E-state index contributed by atoms with van der Waals surface area (Å²) in [5.74, 6) is 0. The van der Waals surface area contributed by atoms with E-state index in [1.807, 2.05) is 18.2 Å². The van der Waals surface area contributed by atoms with Crippen LogP contribution in [0, 0.1) is 6.92 Å². The first-order chi connectivity index (χ1) is 5.89. The molecular weight excluding hydrogens is 172 g/mol. The van der Waals surface area contributed by atoms with Crippen molar-refractivity contribution in [1.29, 1.82) is 0 Å². The zero-order chi connectivity index (χ0) is 8.65. The van der Waals surface area contributed by atoms with Gasteiger partial charge in [-0.1, -0.05) is 35.9 Å². The van der Waals surface area contributed by atoms with E-state index in [1.54, 1.807) is 0 Å². The van der Waals surface area contributed by atoms with Crippen molar-refractivity contribution in [2.24, 2.45) is 0 Å². The minimum absolute atomic E-state index is 0. The van der Waals surface area contributed by atoms with Crippen LogP contribution in [0.1, 0.15) is 21.3 Å². The Balaban J connectivity index is -0.000000165. The van der Waals surface area contributed by atoms with Gasteiger partial charge in [-0.15, -0.1) is 0 Å². The summed E-state index contributed by atoms with van der Waals surface area (Å²) in [6.07, 6.45) is 2.56. The van der Waals surface area contributed by atoms with Crippen LogP contribution in [0.25, 0.3) is 0 Å². The molecule has 13 heavy (non-hydrogen) atoms. The van der Waals surface area contributed by atoms with Crippen LogP contribution in [0.3, 0.4) is 0 Å². The van der Waals surface area contributed by atoms with Crippen LogP contribution < -0.4 is 0 Å². The first-order valence-electron chi connectivity index (χ1n) is 4.49. The summed E-state index contributed by atoms with van der Waals surface area (Å²) in [6, 6.07) is 10.3. The minimum Gasteiger partial charge on any atom is -1.00 e. The summed E-state index contributed by atoms with van der Waals surface area (Å²) in [5.41, 5.74) is 1.32. The van der Waals surface area contributed by atoms with Crippen LogP contribution in [0.5, 0.6) is 0 Å². The van der Waals surface area contributed by atoms with Crippen LogP contribution in [0.4, 0.5) is 0 Å². The molecule has 1 heterocycles. The van der Waals surface area contributed by atoms with Gasteiger partial charge >= 0.3 is 23.1 Å². The van der Waals surface area contributed by atoms with E-state index in [-0.39, 0.29) is 25.9 Å².